The number of halogens is 2. The van der Waals surface area contributed by atoms with Crippen molar-refractivity contribution in [2.24, 2.45) is 0 Å². The lowest BCUT2D eigenvalue weighted by Crippen LogP contribution is -2.40. The molecule has 0 saturated heterocycles. The van der Waals surface area contributed by atoms with Crippen molar-refractivity contribution in [1.29, 1.82) is 0 Å². The van der Waals surface area contributed by atoms with E-state index in [-0.39, 0.29) is 22.5 Å². The van der Waals surface area contributed by atoms with Gasteiger partial charge in [-0.3, -0.25) is 4.79 Å². The third-order valence-electron chi connectivity index (χ3n) is 3.51. The maximum atomic E-state index is 12.9. The molecule has 0 radical (unpaired) electrons. The SMILES string of the molecule is C[C@@H](OC(=O)c1ccc(F)cc1Cl)C(=O)NC1CCCC1. The minimum absolute atomic E-state index is 0.0385. The van der Waals surface area contributed by atoms with E-state index >= 15 is 0 Å². The van der Waals surface area contributed by atoms with Gasteiger partial charge in [0.1, 0.15) is 5.82 Å². The lowest BCUT2D eigenvalue weighted by molar-refractivity contribution is -0.129. The number of carbonyl (C=O) groups is 2. The molecule has 0 aliphatic heterocycles. The van der Waals surface area contributed by atoms with Crippen LogP contribution in [0.3, 0.4) is 0 Å². The van der Waals surface area contributed by atoms with E-state index in [0.29, 0.717) is 0 Å². The number of benzene rings is 1. The Balaban J connectivity index is 1.93. The van der Waals surface area contributed by atoms with Gasteiger partial charge in [0.2, 0.25) is 0 Å². The molecule has 1 aliphatic carbocycles. The van der Waals surface area contributed by atoms with Crippen molar-refractivity contribution in [2.75, 3.05) is 0 Å². The van der Waals surface area contributed by atoms with Crippen LogP contribution in [0.5, 0.6) is 0 Å². The molecule has 1 atom stereocenters. The number of hydrogen-bond acceptors (Lipinski definition) is 3. The Kier molecular flexibility index (Phi) is 5.17. The van der Waals surface area contributed by atoms with Crippen molar-refractivity contribution in [3.05, 3.63) is 34.6 Å². The summed E-state index contributed by atoms with van der Waals surface area (Å²) in [4.78, 5) is 23.8. The Morgan fingerprint density at radius 3 is 2.67 bits per heavy atom. The molecule has 114 valence electrons. The van der Waals surface area contributed by atoms with Gasteiger partial charge in [0.25, 0.3) is 5.91 Å². The van der Waals surface area contributed by atoms with Crippen LogP contribution >= 0.6 is 11.6 Å². The molecule has 0 unspecified atom stereocenters. The van der Waals surface area contributed by atoms with Crippen molar-refractivity contribution in [3.8, 4) is 0 Å². The second-order valence-electron chi connectivity index (χ2n) is 5.16. The van der Waals surface area contributed by atoms with Gasteiger partial charge in [-0.05, 0) is 38.0 Å². The van der Waals surface area contributed by atoms with Crippen LogP contribution in [0.25, 0.3) is 0 Å². The summed E-state index contributed by atoms with van der Waals surface area (Å²) >= 11 is 5.78. The van der Waals surface area contributed by atoms with E-state index < -0.39 is 17.9 Å². The molecular formula is C15H17ClFNO3. The summed E-state index contributed by atoms with van der Waals surface area (Å²) in [6.45, 7) is 1.50. The number of carbonyl (C=O) groups excluding carboxylic acids is 2. The predicted octanol–water partition coefficient (Wildman–Crippen LogP) is 3.08. The standard InChI is InChI=1S/C15H17ClFNO3/c1-9(14(19)18-11-4-2-3-5-11)21-15(20)12-7-6-10(17)8-13(12)16/h6-9,11H,2-5H2,1H3,(H,18,19)/t9-/m1/s1. The van der Waals surface area contributed by atoms with E-state index in [2.05, 4.69) is 5.32 Å². The van der Waals surface area contributed by atoms with Crippen molar-refractivity contribution in [1.82, 2.24) is 5.32 Å². The molecule has 0 spiro atoms. The molecule has 6 heteroatoms. The van der Waals surface area contributed by atoms with Crippen LogP contribution in [0.2, 0.25) is 5.02 Å². The van der Waals surface area contributed by atoms with E-state index in [1.54, 1.807) is 0 Å². The van der Waals surface area contributed by atoms with Gasteiger partial charge in [-0.1, -0.05) is 24.4 Å². The molecule has 1 fully saturated rings. The third-order valence-corrected chi connectivity index (χ3v) is 3.82. The predicted molar refractivity (Wildman–Crippen MR) is 76.7 cm³/mol. The van der Waals surface area contributed by atoms with Gasteiger partial charge in [-0.2, -0.15) is 0 Å². The summed E-state index contributed by atoms with van der Waals surface area (Å²) in [7, 11) is 0. The zero-order chi connectivity index (χ0) is 15.4. The zero-order valence-corrected chi connectivity index (χ0v) is 12.5. The summed E-state index contributed by atoms with van der Waals surface area (Å²) < 4.78 is 18.0. The van der Waals surface area contributed by atoms with Crippen LogP contribution in [0.15, 0.2) is 18.2 Å². The molecule has 0 bridgehead atoms. The van der Waals surface area contributed by atoms with Crippen LogP contribution in [0.1, 0.15) is 43.0 Å². The van der Waals surface area contributed by atoms with Gasteiger partial charge >= 0.3 is 5.97 Å². The summed E-state index contributed by atoms with van der Waals surface area (Å²) in [6.07, 6.45) is 3.19. The maximum absolute atomic E-state index is 12.9. The van der Waals surface area contributed by atoms with Crippen molar-refractivity contribution in [2.45, 2.75) is 44.8 Å². The summed E-state index contributed by atoms with van der Waals surface area (Å²) in [5.41, 5.74) is 0.0404. The number of amides is 1. The van der Waals surface area contributed by atoms with E-state index in [1.807, 2.05) is 0 Å². The van der Waals surface area contributed by atoms with E-state index in [0.717, 1.165) is 37.8 Å². The highest BCUT2D eigenvalue weighted by atomic mass is 35.5. The van der Waals surface area contributed by atoms with Crippen LogP contribution < -0.4 is 5.32 Å². The van der Waals surface area contributed by atoms with Crippen molar-refractivity contribution in [3.63, 3.8) is 0 Å². The fourth-order valence-corrected chi connectivity index (χ4v) is 2.57. The third kappa shape index (κ3) is 4.17. The fraction of sp³-hybridized carbons (Fsp3) is 0.467. The monoisotopic (exact) mass is 313 g/mol. The van der Waals surface area contributed by atoms with Gasteiger partial charge in [-0.25, -0.2) is 9.18 Å². The average molecular weight is 314 g/mol. The lowest BCUT2D eigenvalue weighted by Gasteiger charge is -2.17. The Morgan fingerprint density at radius 1 is 1.38 bits per heavy atom. The largest absolute Gasteiger partial charge is 0.449 e. The first-order valence-electron chi connectivity index (χ1n) is 6.94. The molecular weight excluding hydrogens is 297 g/mol. The summed E-state index contributed by atoms with van der Waals surface area (Å²) in [5.74, 6) is -1.61. The van der Waals surface area contributed by atoms with Gasteiger partial charge in [0, 0.05) is 6.04 Å². The Hall–Kier alpha value is -1.62. The smallest absolute Gasteiger partial charge is 0.340 e. The molecule has 21 heavy (non-hydrogen) atoms. The van der Waals surface area contributed by atoms with Gasteiger partial charge < -0.3 is 10.1 Å². The minimum atomic E-state index is -0.917. The molecule has 4 nitrogen and oxygen atoms in total. The van der Waals surface area contributed by atoms with E-state index in [1.165, 1.54) is 13.0 Å². The molecule has 1 saturated carbocycles. The van der Waals surface area contributed by atoms with Crippen LogP contribution in [-0.2, 0) is 9.53 Å². The van der Waals surface area contributed by atoms with Gasteiger partial charge in [0.05, 0.1) is 10.6 Å². The van der Waals surface area contributed by atoms with Crippen LogP contribution in [0, 0.1) is 5.82 Å². The Labute approximate surface area is 127 Å². The Bertz CT molecular complexity index is 544. The normalized spacial score (nSPS) is 16.5. The number of esters is 1. The highest BCUT2D eigenvalue weighted by molar-refractivity contribution is 6.33. The molecule has 0 aromatic heterocycles. The molecule has 2 rings (SSSR count). The quantitative estimate of drug-likeness (QED) is 0.869. The highest BCUT2D eigenvalue weighted by Crippen LogP contribution is 2.20. The minimum Gasteiger partial charge on any atom is -0.449 e. The highest BCUT2D eigenvalue weighted by Gasteiger charge is 2.24. The van der Waals surface area contributed by atoms with Crippen molar-refractivity contribution >= 4 is 23.5 Å². The zero-order valence-electron chi connectivity index (χ0n) is 11.7. The number of hydrogen-bond donors (Lipinski definition) is 1. The Morgan fingerprint density at radius 2 is 2.05 bits per heavy atom. The molecule has 1 aromatic rings. The molecule has 1 aliphatic rings. The number of ether oxygens (including phenoxy) is 1. The first kappa shape index (κ1) is 15.8. The summed E-state index contributed by atoms with van der Waals surface area (Å²) in [5, 5.41) is 2.81. The molecule has 1 aromatic carbocycles. The van der Waals surface area contributed by atoms with E-state index in [9.17, 15) is 14.0 Å². The topological polar surface area (TPSA) is 55.4 Å². The van der Waals surface area contributed by atoms with Crippen molar-refractivity contribution < 1.29 is 18.7 Å². The van der Waals surface area contributed by atoms with Gasteiger partial charge in [0.15, 0.2) is 6.10 Å². The van der Waals surface area contributed by atoms with Gasteiger partial charge in [-0.15, -0.1) is 0 Å². The fourth-order valence-electron chi connectivity index (χ4n) is 2.32. The molecule has 1 N–H and O–H groups in total. The first-order chi connectivity index (χ1) is 9.97. The number of rotatable bonds is 4. The maximum Gasteiger partial charge on any atom is 0.340 e. The second-order valence-corrected chi connectivity index (χ2v) is 5.57. The first-order valence-corrected chi connectivity index (χ1v) is 7.31. The average Bonchev–Trinajstić information content (AvgIpc) is 2.91. The molecule has 1 amide bonds. The number of nitrogens with one attached hydrogen (secondary N) is 1. The van der Waals surface area contributed by atoms with Crippen LogP contribution in [0.4, 0.5) is 4.39 Å². The molecule has 0 heterocycles. The second kappa shape index (κ2) is 6.89. The van der Waals surface area contributed by atoms with E-state index in [4.69, 9.17) is 16.3 Å². The van der Waals surface area contributed by atoms with Crippen LogP contribution in [-0.4, -0.2) is 24.0 Å². The lowest BCUT2D eigenvalue weighted by atomic mass is 10.2. The summed E-state index contributed by atoms with van der Waals surface area (Å²) in [6, 6.07) is 3.54.